The van der Waals surface area contributed by atoms with Gasteiger partial charge in [0.1, 0.15) is 6.04 Å². The number of carbonyl (C=O) groups is 1. The fraction of sp³-hybridized carbons (Fsp3) is 0.190. The number of sulfonamides is 1. The van der Waals surface area contributed by atoms with Gasteiger partial charge in [-0.2, -0.15) is 0 Å². The topological polar surface area (TPSA) is 66.5 Å². The summed E-state index contributed by atoms with van der Waals surface area (Å²) >= 11 is 0. The highest BCUT2D eigenvalue weighted by molar-refractivity contribution is 7.93. The molecule has 1 N–H and O–H groups in total. The summed E-state index contributed by atoms with van der Waals surface area (Å²) in [5.41, 5.74) is 3.19. The summed E-state index contributed by atoms with van der Waals surface area (Å²) in [4.78, 5) is 13.2. The van der Waals surface area contributed by atoms with Crippen molar-refractivity contribution in [2.24, 2.45) is 0 Å². The van der Waals surface area contributed by atoms with Crippen molar-refractivity contribution in [3.63, 3.8) is 0 Å². The van der Waals surface area contributed by atoms with Crippen LogP contribution in [0, 0.1) is 13.8 Å². The van der Waals surface area contributed by atoms with Gasteiger partial charge in [0, 0.05) is 11.1 Å². The second kappa shape index (κ2) is 6.09. The van der Waals surface area contributed by atoms with Crippen LogP contribution >= 0.6 is 0 Å². The molecule has 0 fully saturated rings. The number of carbonyl (C=O) groups excluding carboxylic acids is 1. The van der Waals surface area contributed by atoms with E-state index in [1.54, 1.807) is 25.1 Å². The summed E-state index contributed by atoms with van der Waals surface area (Å²) in [7, 11) is -3.78. The molecule has 3 aromatic rings. The molecule has 1 heterocycles. The van der Waals surface area contributed by atoms with Crippen LogP contribution in [0.5, 0.6) is 0 Å². The summed E-state index contributed by atoms with van der Waals surface area (Å²) in [6.07, 6.45) is 0. The molecule has 1 unspecified atom stereocenters. The van der Waals surface area contributed by atoms with Gasteiger partial charge in [-0.3, -0.25) is 9.10 Å². The summed E-state index contributed by atoms with van der Waals surface area (Å²) in [5.74, 6) is -0.364. The van der Waals surface area contributed by atoms with E-state index in [2.05, 4.69) is 5.32 Å². The fourth-order valence-electron chi connectivity index (χ4n) is 3.55. The van der Waals surface area contributed by atoms with Crippen molar-refractivity contribution >= 4 is 38.1 Å². The minimum absolute atomic E-state index is 0.252. The van der Waals surface area contributed by atoms with E-state index in [1.165, 1.54) is 4.31 Å². The highest BCUT2D eigenvalue weighted by atomic mass is 32.2. The van der Waals surface area contributed by atoms with Crippen LogP contribution in [0.2, 0.25) is 0 Å². The maximum Gasteiger partial charge on any atom is 0.265 e. The van der Waals surface area contributed by atoms with E-state index in [4.69, 9.17) is 0 Å². The lowest BCUT2D eigenvalue weighted by Gasteiger charge is -2.25. The van der Waals surface area contributed by atoms with Gasteiger partial charge in [0.25, 0.3) is 10.0 Å². The van der Waals surface area contributed by atoms with Crippen molar-refractivity contribution < 1.29 is 13.2 Å². The van der Waals surface area contributed by atoms with Gasteiger partial charge in [0.15, 0.2) is 0 Å². The van der Waals surface area contributed by atoms with Crippen molar-refractivity contribution in [1.29, 1.82) is 0 Å². The SMILES string of the molecule is Cc1ccc(C)c(NC(=O)C(C)N2c3cccc4cccc(c34)S2(=O)=O)c1. The molecule has 0 aromatic heterocycles. The van der Waals surface area contributed by atoms with Crippen LogP contribution in [0.1, 0.15) is 18.1 Å². The Balaban J connectivity index is 1.74. The van der Waals surface area contributed by atoms with Crippen LogP contribution in [0.15, 0.2) is 59.5 Å². The van der Waals surface area contributed by atoms with Gasteiger partial charge in [-0.05, 0) is 55.5 Å². The molecular weight excluding hydrogens is 360 g/mol. The van der Waals surface area contributed by atoms with Crippen molar-refractivity contribution in [3.05, 3.63) is 65.7 Å². The zero-order valence-corrected chi connectivity index (χ0v) is 16.2. The summed E-state index contributed by atoms with van der Waals surface area (Å²) in [5, 5.41) is 4.40. The highest BCUT2D eigenvalue weighted by Gasteiger charge is 2.40. The van der Waals surface area contributed by atoms with Crippen LogP contribution in [-0.2, 0) is 14.8 Å². The molecule has 0 radical (unpaired) electrons. The smallest absolute Gasteiger partial charge is 0.265 e. The molecule has 4 rings (SSSR count). The Bertz CT molecular complexity index is 1180. The zero-order chi connectivity index (χ0) is 19.3. The number of hydrogen-bond donors (Lipinski definition) is 1. The van der Waals surface area contributed by atoms with Crippen molar-refractivity contribution in [2.75, 3.05) is 9.62 Å². The van der Waals surface area contributed by atoms with Gasteiger partial charge in [-0.1, -0.05) is 36.4 Å². The molecule has 1 aliphatic heterocycles. The van der Waals surface area contributed by atoms with Crippen LogP contribution < -0.4 is 9.62 Å². The number of nitrogens with one attached hydrogen (secondary N) is 1. The second-order valence-electron chi connectivity index (χ2n) is 6.92. The molecule has 6 heteroatoms. The molecule has 3 aromatic carbocycles. The molecule has 138 valence electrons. The number of anilines is 2. The molecule has 0 spiro atoms. The van der Waals surface area contributed by atoms with Gasteiger partial charge < -0.3 is 5.32 Å². The molecule has 1 aliphatic rings. The molecule has 1 atom stereocenters. The van der Waals surface area contributed by atoms with Crippen LogP contribution in [0.25, 0.3) is 10.8 Å². The third-order valence-electron chi connectivity index (χ3n) is 5.00. The standard InChI is InChI=1S/C21H20N2O3S/c1-13-10-11-14(2)17(12-13)22-21(24)15(3)23-18-8-4-6-16-7-5-9-19(20(16)18)27(23,25)26/h4-12,15H,1-3H3,(H,22,24). The maximum atomic E-state index is 13.1. The van der Waals surface area contributed by atoms with Gasteiger partial charge in [0.2, 0.25) is 5.91 Å². The molecule has 27 heavy (non-hydrogen) atoms. The van der Waals surface area contributed by atoms with E-state index in [9.17, 15) is 13.2 Å². The van der Waals surface area contributed by atoms with Crippen molar-refractivity contribution in [3.8, 4) is 0 Å². The number of benzene rings is 3. The van der Waals surface area contributed by atoms with E-state index in [0.717, 1.165) is 16.5 Å². The van der Waals surface area contributed by atoms with E-state index in [-0.39, 0.29) is 10.8 Å². The van der Waals surface area contributed by atoms with Gasteiger partial charge in [-0.25, -0.2) is 8.42 Å². The van der Waals surface area contributed by atoms with Gasteiger partial charge in [-0.15, -0.1) is 0 Å². The Morgan fingerprint density at radius 1 is 1.04 bits per heavy atom. The Hall–Kier alpha value is -2.86. The molecule has 0 saturated heterocycles. The van der Waals surface area contributed by atoms with Crippen LogP contribution in [-0.4, -0.2) is 20.4 Å². The molecular formula is C21H20N2O3S. The average Bonchev–Trinajstić information content (AvgIpc) is 2.86. The number of nitrogens with zero attached hydrogens (tertiary/aromatic N) is 1. The maximum absolute atomic E-state index is 13.1. The first-order chi connectivity index (χ1) is 12.8. The van der Waals surface area contributed by atoms with E-state index in [1.807, 2.05) is 50.2 Å². The van der Waals surface area contributed by atoms with E-state index in [0.29, 0.717) is 16.8 Å². The Morgan fingerprint density at radius 3 is 2.48 bits per heavy atom. The summed E-state index contributed by atoms with van der Waals surface area (Å²) in [6.45, 7) is 5.46. The molecule has 1 amide bonds. The lowest BCUT2D eigenvalue weighted by atomic mass is 10.1. The minimum atomic E-state index is -3.78. The Morgan fingerprint density at radius 2 is 1.74 bits per heavy atom. The highest BCUT2D eigenvalue weighted by Crippen LogP contribution is 2.43. The number of rotatable bonds is 3. The van der Waals surface area contributed by atoms with Gasteiger partial charge >= 0.3 is 0 Å². The molecule has 0 aliphatic carbocycles. The number of amides is 1. The largest absolute Gasteiger partial charge is 0.324 e. The lowest BCUT2D eigenvalue weighted by molar-refractivity contribution is -0.116. The predicted molar refractivity (Wildman–Crippen MR) is 108 cm³/mol. The Kier molecular flexibility index (Phi) is 3.96. The van der Waals surface area contributed by atoms with Crippen LogP contribution in [0.3, 0.4) is 0 Å². The van der Waals surface area contributed by atoms with Crippen LogP contribution in [0.4, 0.5) is 11.4 Å². The quantitative estimate of drug-likeness (QED) is 0.747. The third-order valence-corrected chi connectivity index (χ3v) is 6.93. The van der Waals surface area contributed by atoms with Crippen molar-refractivity contribution in [1.82, 2.24) is 0 Å². The third kappa shape index (κ3) is 2.68. The van der Waals surface area contributed by atoms with Gasteiger partial charge in [0.05, 0.1) is 10.6 Å². The predicted octanol–water partition coefficient (Wildman–Crippen LogP) is 3.99. The Labute approximate surface area is 158 Å². The first-order valence-electron chi connectivity index (χ1n) is 8.75. The monoisotopic (exact) mass is 380 g/mol. The lowest BCUT2D eigenvalue weighted by Crippen LogP contribution is -2.44. The number of hydrogen-bond acceptors (Lipinski definition) is 3. The first-order valence-corrected chi connectivity index (χ1v) is 10.2. The minimum Gasteiger partial charge on any atom is -0.324 e. The second-order valence-corrected chi connectivity index (χ2v) is 8.70. The molecule has 0 saturated carbocycles. The van der Waals surface area contributed by atoms with E-state index >= 15 is 0 Å². The molecule has 0 bridgehead atoms. The average molecular weight is 380 g/mol. The van der Waals surface area contributed by atoms with Crippen molar-refractivity contribution in [2.45, 2.75) is 31.7 Å². The van der Waals surface area contributed by atoms with E-state index < -0.39 is 16.1 Å². The summed E-state index contributed by atoms with van der Waals surface area (Å²) in [6, 6.07) is 15.5. The fourth-order valence-corrected chi connectivity index (χ4v) is 5.42. The zero-order valence-electron chi connectivity index (χ0n) is 15.4. The molecule has 5 nitrogen and oxygen atoms in total. The number of aryl methyl sites for hydroxylation is 2. The summed E-state index contributed by atoms with van der Waals surface area (Å²) < 4.78 is 27.5. The normalized spacial score (nSPS) is 15.7. The first kappa shape index (κ1) is 17.5.